The number of anilines is 3. The van der Waals surface area contributed by atoms with Gasteiger partial charge in [0, 0.05) is 38.1 Å². The molecular formula is C31H35FN6. The van der Waals surface area contributed by atoms with Gasteiger partial charge in [-0.25, -0.2) is 14.4 Å². The van der Waals surface area contributed by atoms with Crippen LogP contribution in [0.3, 0.4) is 0 Å². The van der Waals surface area contributed by atoms with Gasteiger partial charge in [-0.05, 0) is 81.0 Å². The van der Waals surface area contributed by atoms with Gasteiger partial charge in [-0.15, -0.1) is 0 Å². The van der Waals surface area contributed by atoms with Gasteiger partial charge in [0.05, 0.1) is 17.1 Å². The lowest BCUT2D eigenvalue weighted by atomic mass is 9.97. The summed E-state index contributed by atoms with van der Waals surface area (Å²) < 4.78 is 14.7. The molecule has 0 saturated heterocycles. The molecule has 2 aromatic heterocycles. The first-order chi connectivity index (χ1) is 18.3. The summed E-state index contributed by atoms with van der Waals surface area (Å²) in [4.78, 5) is 18.6. The zero-order chi connectivity index (χ0) is 26.7. The van der Waals surface area contributed by atoms with Crippen LogP contribution in [0.5, 0.6) is 0 Å². The second-order valence-electron chi connectivity index (χ2n) is 10.4. The van der Waals surface area contributed by atoms with Crippen LogP contribution in [-0.2, 0) is 5.67 Å². The molecule has 0 atom stereocenters. The minimum Gasteiger partial charge on any atom is -0.372 e. The Balaban J connectivity index is 1.48. The number of nitrogens with one attached hydrogen (secondary N) is 1. The van der Waals surface area contributed by atoms with Crippen molar-refractivity contribution < 1.29 is 4.39 Å². The number of aromatic nitrogens is 2. The highest BCUT2D eigenvalue weighted by atomic mass is 19.1. The normalized spacial score (nSPS) is 15.8. The second-order valence-corrected chi connectivity index (χ2v) is 10.4. The summed E-state index contributed by atoms with van der Waals surface area (Å²) in [6.07, 6.45) is 7.74. The summed E-state index contributed by atoms with van der Waals surface area (Å²) in [6.45, 7) is 9.27. The first-order valence-electron chi connectivity index (χ1n) is 13.2. The largest absolute Gasteiger partial charge is 0.372 e. The van der Waals surface area contributed by atoms with Crippen LogP contribution >= 0.6 is 0 Å². The summed E-state index contributed by atoms with van der Waals surface area (Å²) in [7, 11) is 2.09. The fraction of sp³-hybridized carbons (Fsp3) is 0.323. The van der Waals surface area contributed by atoms with Gasteiger partial charge in [-0.1, -0.05) is 30.8 Å². The van der Waals surface area contributed by atoms with Crippen LogP contribution in [0, 0.1) is 0 Å². The van der Waals surface area contributed by atoms with Gasteiger partial charge in [-0.2, -0.15) is 0 Å². The van der Waals surface area contributed by atoms with Crippen molar-refractivity contribution in [1.29, 1.82) is 0 Å². The monoisotopic (exact) mass is 510 g/mol. The number of allylic oxidation sites excluding steroid dienone is 1. The Hall–Kier alpha value is -4.00. The van der Waals surface area contributed by atoms with Crippen LogP contribution in [0.1, 0.15) is 50.8 Å². The highest BCUT2D eigenvalue weighted by Crippen LogP contribution is 2.35. The molecule has 1 aromatic carbocycles. The highest BCUT2D eigenvalue weighted by Gasteiger charge is 2.23. The van der Waals surface area contributed by atoms with Crippen molar-refractivity contribution >= 4 is 29.1 Å². The van der Waals surface area contributed by atoms with Crippen LogP contribution in [0.15, 0.2) is 78.2 Å². The molecule has 1 N–H and O–H groups in total. The lowest BCUT2D eigenvalue weighted by Gasteiger charge is -2.33. The van der Waals surface area contributed by atoms with E-state index in [4.69, 9.17) is 9.97 Å². The van der Waals surface area contributed by atoms with Crippen molar-refractivity contribution in [3.8, 4) is 11.3 Å². The maximum absolute atomic E-state index is 14.7. The van der Waals surface area contributed by atoms with Crippen molar-refractivity contribution in [1.82, 2.24) is 9.97 Å². The van der Waals surface area contributed by atoms with Gasteiger partial charge in [-0.3, -0.25) is 4.99 Å². The molecule has 0 bridgehead atoms. The molecule has 0 fully saturated rings. The SMILES string of the molecule is C=C(Nc1cccc(C2=CN=CCC2)n1)N1CCCCN(C)c2ccc(-c3cccc(C(C)(C)F)c3)nc21. The minimum atomic E-state index is -1.42. The van der Waals surface area contributed by atoms with Gasteiger partial charge >= 0.3 is 0 Å². The number of alkyl halides is 1. The third-order valence-electron chi connectivity index (χ3n) is 7.05. The molecule has 4 heterocycles. The van der Waals surface area contributed by atoms with Crippen molar-refractivity contribution in [2.45, 2.75) is 45.2 Å². The highest BCUT2D eigenvalue weighted by molar-refractivity contribution is 5.76. The van der Waals surface area contributed by atoms with Gasteiger partial charge in [0.25, 0.3) is 0 Å². The van der Waals surface area contributed by atoms with E-state index < -0.39 is 5.67 Å². The smallest absolute Gasteiger partial charge is 0.158 e. The molecule has 0 saturated carbocycles. The lowest BCUT2D eigenvalue weighted by Crippen LogP contribution is -2.33. The van der Waals surface area contributed by atoms with E-state index in [2.05, 4.69) is 39.8 Å². The predicted molar refractivity (Wildman–Crippen MR) is 156 cm³/mol. The number of aliphatic imine (C=N–C) groups is 1. The quantitative estimate of drug-likeness (QED) is 0.381. The molecule has 0 radical (unpaired) electrons. The summed E-state index contributed by atoms with van der Waals surface area (Å²) in [5.41, 5.74) is 3.97. The molecule has 196 valence electrons. The molecule has 2 aliphatic heterocycles. The van der Waals surface area contributed by atoms with E-state index >= 15 is 0 Å². The maximum Gasteiger partial charge on any atom is 0.158 e. The summed E-state index contributed by atoms with van der Waals surface area (Å²) in [5.74, 6) is 2.27. The van der Waals surface area contributed by atoms with Gasteiger partial charge in [0.15, 0.2) is 5.82 Å². The molecule has 0 aliphatic carbocycles. The van der Waals surface area contributed by atoms with E-state index in [-0.39, 0.29) is 0 Å². The van der Waals surface area contributed by atoms with E-state index in [1.165, 1.54) is 0 Å². The van der Waals surface area contributed by atoms with Crippen LogP contribution in [-0.4, -0.2) is 36.3 Å². The van der Waals surface area contributed by atoms with Gasteiger partial charge < -0.3 is 15.1 Å². The molecule has 2 aliphatic rings. The zero-order valence-electron chi connectivity index (χ0n) is 22.4. The van der Waals surface area contributed by atoms with E-state index in [1.54, 1.807) is 13.8 Å². The molecule has 5 rings (SSSR count). The number of fused-ring (bicyclic) bond motifs is 1. The number of rotatable bonds is 6. The molecule has 3 aromatic rings. The first-order valence-corrected chi connectivity index (χ1v) is 13.2. The Morgan fingerprint density at radius 1 is 1.00 bits per heavy atom. The Morgan fingerprint density at radius 2 is 1.82 bits per heavy atom. The van der Waals surface area contributed by atoms with E-state index in [0.717, 1.165) is 78.6 Å². The number of hydrogen-bond acceptors (Lipinski definition) is 6. The molecule has 0 unspecified atom stereocenters. The predicted octanol–water partition coefficient (Wildman–Crippen LogP) is 7.17. The third kappa shape index (κ3) is 5.62. The number of halogens is 1. The van der Waals surface area contributed by atoms with Crippen molar-refractivity contribution in [3.05, 3.63) is 84.5 Å². The fourth-order valence-corrected chi connectivity index (χ4v) is 4.85. The second kappa shape index (κ2) is 10.8. The first kappa shape index (κ1) is 25.6. The number of benzene rings is 1. The zero-order valence-corrected chi connectivity index (χ0v) is 22.4. The third-order valence-corrected chi connectivity index (χ3v) is 7.05. The Labute approximate surface area is 224 Å². The van der Waals surface area contributed by atoms with Crippen LogP contribution < -0.4 is 15.1 Å². The lowest BCUT2D eigenvalue weighted by molar-refractivity contribution is 0.221. The Kier molecular flexibility index (Phi) is 7.27. The Morgan fingerprint density at radius 3 is 2.61 bits per heavy atom. The van der Waals surface area contributed by atoms with E-state index in [0.29, 0.717) is 11.4 Å². The number of pyridine rings is 2. The number of hydrogen-bond donors (Lipinski definition) is 1. The molecular weight excluding hydrogens is 475 g/mol. The fourth-order valence-electron chi connectivity index (χ4n) is 4.85. The molecule has 6 nitrogen and oxygen atoms in total. The number of nitrogens with zero attached hydrogens (tertiary/aromatic N) is 5. The minimum absolute atomic E-state index is 0.633. The van der Waals surface area contributed by atoms with Crippen LogP contribution in [0.2, 0.25) is 0 Å². The van der Waals surface area contributed by atoms with Crippen LogP contribution in [0.25, 0.3) is 16.8 Å². The summed E-state index contributed by atoms with van der Waals surface area (Å²) in [6, 6.07) is 17.7. The van der Waals surface area contributed by atoms with E-state index in [9.17, 15) is 4.39 Å². The molecule has 0 spiro atoms. The summed E-state index contributed by atoms with van der Waals surface area (Å²) in [5, 5.41) is 3.43. The van der Waals surface area contributed by atoms with Crippen molar-refractivity contribution in [3.63, 3.8) is 0 Å². The van der Waals surface area contributed by atoms with Crippen molar-refractivity contribution in [2.75, 3.05) is 35.3 Å². The van der Waals surface area contributed by atoms with Gasteiger partial charge in [0.1, 0.15) is 17.3 Å². The van der Waals surface area contributed by atoms with Crippen molar-refractivity contribution in [2.24, 2.45) is 4.99 Å². The maximum atomic E-state index is 14.7. The Bertz CT molecular complexity index is 1390. The molecule has 7 heteroatoms. The molecule has 0 amide bonds. The summed E-state index contributed by atoms with van der Waals surface area (Å²) >= 11 is 0. The standard InChI is InChI=1S/C31H35FN6/c1-22(34-29-14-8-13-26(35-29)24-11-9-17-33-21-24)38-19-6-5-18-37(4)28-16-15-27(36-30(28)38)23-10-7-12-25(20-23)31(2,3)32/h7-8,10,12-17,20-21H,1,5-6,9,11,18-19H2,2-4H3,(H,34,35). The topological polar surface area (TPSA) is 56.7 Å². The average Bonchev–Trinajstić information content (AvgIpc) is 2.92. The van der Waals surface area contributed by atoms with Gasteiger partial charge in [0.2, 0.25) is 0 Å². The van der Waals surface area contributed by atoms with Crippen LogP contribution in [0.4, 0.5) is 21.7 Å². The molecule has 38 heavy (non-hydrogen) atoms. The van der Waals surface area contributed by atoms with E-state index in [1.807, 2.05) is 60.9 Å². The average molecular weight is 511 g/mol.